The molecule has 226 valence electrons. The molecule has 0 aliphatic carbocycles. The quantitative estimate of drug-likeness (QED) is 0.0557. The predicted octanol–water partition coefficient (Wildman–Crippen LogP) is 6.72. The maximum Gasteiger partial charge on any atom is 0.249 e. The molecule has 1 amide bonds. The third-order valence-electron chi connectivity index (χ3n) is 7.48. The second kappa shape index (κ2) is 27.6. The molecule has 0 saturated carbocycles. The van der Waals surface area contributed by atoms with E-state index in [9.17, 15) is 25.2 Å². The molecule has 0 aromatic heterocycles. The van der Waals surface area contributed by atoms with Crippen molar-refractivity contribution in [2.24, 2.45) is 0 Å². The Balaban J connectivity index is 3.87. The number of rotatable bonds is 28. The van der Waals surface area contributed by atoms with Gasteiger partial charge in [0.1, 0.15) is 12.2 Å². The summed E-state index contributed by atoms with van der Waals surface area (Å²) in [5.74, 6) is -0.597. The molecule has 0 spiro atoms. The Kier molecular flexibility index (Phi) is 26.9. The van der Waals surface area contributed by atoms with E-state index in [-0.39, 0.29) is 0 Å². The summed E-state index contributed by atoms with van der Waals surface area (Å²) in [6.45, 7) is 3.94. The number of allylic oxidation sites excluding steroid dienone is 2. The molecule has 0 aromatic rings. The van der Waals surface area contributed by atoms with Crippen LogP contribution in [0.1, 0.15) is 155 Å². The van der Waals surface area contributed by atoms with Crippen LogP contribution in [0.15, 0.2) is 12.2 Å². The highest BCUT2D eigenvalue weighted by molar-refractivity contribution is 5.80. The summed E-state index contributed by atoms with van der Waals surface area (Å²) in [5.41, 5.74) is 0. The molecule has 0 rings (SSSR count). The van der Waals surface area contributed by atoms with Gasteiger partial charge in [-0.05, 0) is 38.5 Å². The number of carbonyl (C=O) groups excluding carboxylic acids is 1. The Labute approximate surface area is 234 Å². The van der Waals surface area contributed by atoms with Crippen LogP contribution >= 0.6 is 0 Å². The first-order valence-electron chi connectivity index (χ1n) is 16.1. The number of amides is 1. The molecule has 0 bridgehead atoms. The van der Waals surface area contributed by atoms with Crippen LogP contribution in [0.3, 0.4) is 0 Å². The van der Waals surface area contributed by atoms with Crippen molar-refractivity contribution in [1.29, 1.82) is 0 Å². The van der Waals surface area contributed by atoms with E-state index in [0.29, 0.717) is 12.8 Å². The Morgan fingerprint density at radius 3 is 1.58 bits per heavy atom. The minimum absolute atomic E-state index is 0.366. The van der Waals surface area contributed by atoms with E-state index in [1.807, 2.05) is 0 Å². The highest BCUT2D eigenvalue weighted by Gasteiger charge is 2.28. The average Bonchev–Trinajstić information content (AvgIpc) is 2.92. The van der Waals surface area contributed by atoms with Crippen molar-refractivity contribution < 1.29 is 25.2 Å². The lowest BCUT2D eigenvalue weighted by Crippen LogP contribution is -2.53. The zero-order valence-electron chi connectivity index (χ0n) is 24.9. The molecule has 4 unspecified atom stereocenters. The fourth-order valence-corrected chi connectivity index (χ4v) is 4.81. The smallest absolute Gasteiger partial charge is 0.249 e. The van der Waals surface area contributed by atoms with Gasteiger partial charge in [0, 0.05) is 0 Å². The van der Waals surface area contributed by atoms with E-state index in [0.717, 1.165) is 38.5 Å². The highest BCUT2D eigenvalue weighted by atomic mass is 16.3. The Morgan fingerprint density at radius 2 is 1.08 bits per heavy atom. The first-order chi connectivity index (χ1) is 18.5. The monoisotopic (exact) mass is 541 g/mol. The lowest BCUT2D eigenvalue weighted by molar-refractivity contribution is -0.132. The number of unbranched alkanes of at least 4 members (excludes halogenated alkanes) is 17. The molecule has 6 heteroatoms. The maximum atomic E-state index is 12.3. The summed E-state index contributed by atoms with van der Waals surface area (Å²) in [6.07, 6.45) is 25.3. The van der Waals surface area contributed by atoms with Crippen LogP contribution < -0.4 is 5.32 Å². The number of hydrogen-bond donors (Lipinski definition) is 5. The van der Waals surface area contributed by atoms with Gasteiger partial charge in [0.05, 0.1) is 18.8 Å². The molecule has 0 fully saturated rings. The van der Waals surface area contributed by atoms with Gasteiger partial charge in [-0.15, -0.1) is 0 Å². The van der Waals surface area contributed by atoms with Gasteiger partial charge in [-0.2, -0.15) is 0 Å². The molecule has 5 N–H and O–H groups in total. The molecule has 4 atom stereocenters. The van der Waals surface area contributed by atoms with Crippen molar-refractivity contribution in [3.8, 4) is 0 Å². The molecule has 6 nitrogen and oxygen atoms in total. The minimum atomic E-state index is -1.27. The van der Waals surface area contributed by atoms with E-state index in [1.54, 1.807) is 0 Å². The van der Waals surface area contributed by atoms with E-state index in [1.165, 1.54) is 89.9 Å². The highest BCUT2D eigenvalue weighted by Crippen LogP contribution is 2.14. The first-order valence-corrected chi connectivity index (χ1v) is 16.1. The summed E-state index contributed by atoms with van der Waals surface area (Å²) in [4.78, 5) is 12.3. The van der Waals surface area contributed by atoms with Gasteiger partial charge in [-0.1, -0.05) is 129 Å². The van der Waals surface area contributed by atoms with Gasteiger partial charge in [0.25, 0.3) is 0 Å². The van der Waals surface area contributed by atoms with Crippen LogP contribution in [-0.2, 0) is 4.79 Å². The van der Waals surface area contributed by atoms with Crippen LogP contribution in [0, 0.1) is 0 Å². The van der Waals surface area contributed by atoms with Gasteiger partial charge in [-0.3, -0.25) is 4.79 Å². The van der Waals surface area contributed by atoms with Crippen molar-refractivity contribution in [3.05, 3.63) is 12.2 Å². The van der Waals surface area contributed by atoms with Crippen molar-refractivity contribution in [2.75, 3.05) is 6.61 Å². The fraction of sp³-hybridized carbons (Fsp3) is 0.906. The van der Waals surface area contributed by atoms with Crippen LogP contribution in [0.25, 0.3) is 0 Å². The van der Waals surface area contributed by atoms with E-state index < -0.39 is 36.9 Å². The third kappa shape index (κ3) is 21.9. The molecular formula is C32H63NO5. The molecule has 0 aliphatic heterocycles. The number of aliphatic hydroxyl groups is 4. The second-order valence-corrected chi connectivity index (χ2v) is 11.2. The van der Waals surface area contributed by atoms with Gasteiger partial charge < -0.3 is 25.7 Å². The molecule has 0 radical (unpaired) electrons. The van der Waals surface area contributed by atoms with Crippen molar-refractivity contribution in [2.45, 2.75) is 179 Å². The summed E-state index contributed by atoms with van der Waals surface area (Å²) < 4.78 is 0. The average molecular weight is 542 g/mol. The molecule has 0 heterocycles. The van der Waals surface area contributed by atoms with Gasteiger partial charge >= 0.3 is 0 Å². The standard InChI is InChI=1S/C32H63NO5/c1-3-5-7-9-11-13-14-15-16-17-18-20-22-24-26-30(36)32(38)33-28(27-34)31(37)29(35)25-23-21-19-12-10-8-6-4-2/h12,19,28-31,34-37H,3-11,13-18,20-27H2,1-2H3,(H,33,38)/b19-12+. The second-order valence-electron chi connectivity index (χ2n) is 11.2. The van der Waals surface area contributed by atoms with Crippen molar-refractivity contribution >= 4 is 5.91 Å². The maximum absolute atomic E-state index is 12.3. The summed E-state index contributed by atoms with van der Waals surface area (Å²) in [5, 5.41) is 43.0. The van der Waals surface area contributed by atoms with E-state index >= 15 is 0 Å². The Morgan fingerprint density at radius 1 is 0.632 bits per heavy atom. The van der Waals surface area contributed by atoms with E-state index in [4.69, 9.17) is 0 Å². The van der Waals surface area contributed by atoms with Crippen LogP contribution in [0.5, 0.6) is 0 Å². The van der Waals surface area contributed by atoms with Crippen molar-refractivity contribution in [3.63, 3.8) is 0 Å². The first kappa shape index (κ1) is 37.0. The largest absolute Gasteiger partial charge is 0.394 e. The van der Waals surface area contributed by atoms with Crippen LogP contribution in [0.4, 0.5) is 0 Å². The van der Waals surface area contributed by atoms with Gasteiger partial charge in [0.15, 0.2) is 0 Å². The topological polar surface area (TPSA) is 110 Å². The number of hydrogen-bond acceptors (Lipinski definition) is 5. The molecule has 0 aromatic carbocycles. The Bertz CT molecular complexity index is 542. The number of aliphatic hydroxyl groups excluding tert-OH is 4. The van der Waals surface area contributed by atoms with Crippen molar-refractivity contribution in [1.82, 2.24) is 5.32 Å². The Hall–Kier alpha value is -0.950. The number of carbonyl (C=O) groups is 1. The lowest BCUT2D eigenvalue weighted by atomic mass is 10.00. The van der Waals surface area contributed by atoms with Gasteiger partial charge in [-0.25, -0.2) is 0 Å². The summed E-state index contributed by atoms with van der Waals surface area (Å²) in [7, 11) is 0. The molecule has 0 aliphatic rings. The summed E-state index contributed by atoms with van der Waals surface area (Å²) in [6, 6.07) is -0.993. The van der Waals surface area contributed by atoms with Crippen LogP contribution in [0.2, 0.25) is 0 Å². The van der Waals surface area contributed by atoms with Crippen LogP contribution in [-0.4, -0.2) is 57.3 Å². The summed E-state index contributed by atoms with van der Waals surface area (Å²) >= 11 is 0. The zero-order chi connectivity index (χ0) is 28.3. The lowest BCUT2D eigenvalue weighted by Gasteiger charge is -2.27. The molecule has 38 heavy (non-hydrogen) atoms. The normalized spacial score (nSPS) is 15.0. The fourth-order valence-electron chi connectivity index (χ4n) is 4.81. The zero-order valence-corrected chi connectivity index (χ0v) is 24.9. The van der Waals surface area contributed by atoms with Gasteiger partial charge in [0.2, 0.25) is 5.91 Å². The SMILES string of the molecule is CCCCC/C=C/CCCC(O)C(O)C(CO)NC(=O)C(O)CCCCCCCCCCCCCCCC. The van der Waals surface area contributed by atoms with E-state index in [2.05, 4.69) is 31.3 Å². The predicted molar refractivity (Wildman–Crippen MR) is 159 cm³/mol. The minimum Gasteiger partial charge on any atom is -0.394 e. The molecule has 0 saturated heterocycles. The molecular weight excluding hydrogens is 478 g/mol. The third-order valence-corrected chi connectivity index (χ3v) is 7.48. The number of nitrogens with one attached hydrogen (secondary N) is 1.